The standard InChI is InChI=1S/C17H20N6O2/c1-4-11(2)12-7-13(25-22-12)15-20-21-16(24-15)17(3)9-23(10-17)14-8-18-5-6-19-14/h5-8,11H,4,9-10H2,1-3H3. The number of hydrogen-bond donors (Lipinski definition) is 0. The van der Waals surface area contributed by atoms with Crippen LogP contribution in [0.2, 0.25) is 0 Å². The van der Waals surface area contributed by atoms with E-state index in [0.29, 0.717) is 23.5 Å². The van der Waals surface area contributed by atoms with Gasteiger partial charge in [-0.05, 0) is 13.3 Å². The molecule has 25 heavy (non-hydrogen) atoms. The highest BCUT2D eigenvalue weighted by Crippen LogP contribution is 2.36. The van der Waals surface area contributed by atoms with Crippen LogP contribution in [0.5, 0.6) is 0 Å². The molecule has 0 amide bonds. The van der Waals surface area contributed by atoms with Gasteiger partial charge in [-0.2, -0.15) is 0 Å². The van der Waals surface area contributed by atoms with Gasteiger partial charge in [0.1, 0.15) is 5.82 Å². The fourth-order valence-corrected chi connectivity index (χ4v) is 2.95. The van der Waals surface area contributed by atoms with Crippen molar-refractivity contribution in [1.29, 1.82) is 0 Å². The molecule has 0 radical (unpaired) electrons. The van der Waals surface area contributed by atoms with Crippen LogP contribution in [-0.2, 0) is 5.41 Å². The molecule has 0 aromatic carbocycles. The molecule has 0 aliphatic carbocycles. The highest BCUT2D eigenvalue weighted by atomic mass is 16.5. The van der Waals surface area contributed by atoms with Crippen LogP contribution in [0.4, 0.5) is 5.82 Å². The minimum atomic E-state index is -0.206. The van der Waals surface area contributed by atoms with Gasteiger partial charge in [0.25, 0.3) is 5.89 Å². The summed E-state index contributed by atoms with van der Waals surface area (Å²) in [5, 5.41) is 12.4. The third kappa shape index (κ3) is 2.77. The summed E-state index contributed by atoms with van der Waals surface area (Å²) < 4.78 is 11.2. The van der Waals surface area contributed by atoms with Crippen molar-refractivity contribution >= 4 is 5.82 Å². The van der Waals surface area contributed by atoms with E-state index in [4.69, 9.17) is 8.94 Å². The van der Waals surface area contributed by atoms with E-state index in [0.717, 1.165) is 31.0 Å². The van der Waals surface area contributed by atoms with E-state index in [1.807, 2.05) is 6.07 Å². The Morgan fingerprint density at radius 2 is 2.12 bits per heavy atom. The Bertz CT molecular complexity index is 853. The van der Waals surface area contributed by atoms with Gasteiger partial charge in [-0.25, -0.2) is 4.98 Å². The van der Waals surface area contributed by atoms with Crippen molar-refractivity contribution in [3.05, 3.63) is 36.2 Å². The maximum atomic E-state index is 5.87. The fraction of sp³-hybridized carbons (Fsp3) is 0.471. The first kappa shape index (κ1) is 15.7. The second-order valence-electron chi connectivity index (χ2n) is 6.82. The SMILES string of the molecule is CCC(C)c1cc(-c2nnc(C3(C)CN(c4cnccn4)C3)o2)on1. The lowest BCUT2D eigenvalue weighted by Crippen LogP contribution is -2.58. The van der Waals surface area contributed by atoms with Gasteiger partial charge >= 0.3 is 0 Å². The quantitative estimate of drug-likeness (QED) is 0.700. The van der Waals surface area contributed by atoms with Crippen LogP contribution in [0.15, 0.2) is 33.6 Å². The lowest BCUT2D eigenvalue weighted by molar-refractivity contribution is 0.281. The maximum Gasteiger partial charge on any atom is 0.286 e. The number of anilines is 1. The van der Waals surface area contributed by atoms with E-state index in [-0.39, 0.29) is 5.41 Å². The molecule has 1 saturated heterocycles. The van der Waals surface area contributed by atoms with E-state index in [2.05, 4.69) is 51.0 Å². The molecule has 1 atom stereocenters. The Labute approximate surface area is 145 Å². The largest absolute Gasteiger partial charge is 0.417 e. The molecule has 3 aromatic heterocycles. The van der Waals surface area contributed by atoms with Gasteiger partial charge in [0.15, 0.2) is 0 Å². The molecule has 8 nitrogen and oxygen atoms in total. The molecule has 4 rings (SSSR count). The van der Waals surface area contributed by atoms with Gasteiger partial charge in [0.05, 0.1) is 17.3 Å². The number of aromatic nitrogens is 5. The van der Waals surface area contributed by atoms with Crippen molar-refractivity contribution in [3.8, 4) is 11.7 Å². The Kier molecular flexibility index (Phi) is 3.74. The molecule has 3 aromatic rings. The Balaban J connectivity index is 1.49. The first-order chi connectivity index (χ1) is 12.1. The number of hydrogen-bond acceptors (Lipinski definition) is 8. The summed E-state index contributed by atoms with van der Waals surface area (Å²) in [7, 11) is 0. The lowest BCUT2D eigenvalue weighted by atomic mass is 9.82. The monoisotopic (exact) mass is 340 g/mol. The van der Waals surface area contributed by atoms with E-state index in [1.165, 1.54) is 0 Å². The van der Waals surface area contributed by atoms with Crippen molar-refractivity contribution in [1.82, 2.24) is 25.3 Å². The van der Waals surface area contributed by atoms with Crippen LogP contribution in [0.3, 0.4) is 0 Å². The van der Waals surface area contributed by atoms with E-state index >= 15 is 0 Å². The zero-order chi connectivity index (χ0) is 17.4. The summed E-state index contributed by atoms with van der Waals surface area (Å²) in [5.74, 6) is 2.68. The Morgan fingerprint density at radius 3 is 2.84 bits per heavy atom. The predicted molar refractivity (Wildman–Crippen MR) is 90.1 cm³/mol. The molecular formula is C17H20N6O2. The molecule has 1 aliphatic rings. The highest BCUT2D eigenvalue weighted by Gasteiger charge is 2.45. The van der Waals surface area contributed by atoms with Crippen LogP contribution in [0, 0.1) is 0 Å². The molecule has 0 bridgehead atoms. The van der Waals surface area contributed by atoms with Gasteiger partial charge in [0, 0.05) is 37.5 Å². The summed E-state index contributed by atoms with van der Waals surface area (Å²) >= 11 is 0. The summed E-state index contributed by atoms with van der Waals surface area (Å²) in [4.78, 5) is 10.5. The molecule has 130 valence electrons. The Hall–Kier alpha value is -2.77. The molecule has 0 saturated carbocycles. The predicted octanol–water partition coefficient (Wildman–Crippen LogP) is 2.81. The smallest absolute Gasteiger partial charge is 0.286 e. The van der Waals surface area contributed by atoms with Crippen molar-refractivity contribution in [3.63, 3.8) is 0 Å². The second kappa shape index (κ2) is 5.94. The highest BCUT2D eigenvalue weighted by molar-refractivity contribution is 5.46. The maximum absolute atomic E-state index is 5.87. The zero-order valence-corrected chi connectivity index (χ0v) is 14.5. The second-order valence-corrected chi connectivity index (χ2v) is 6.82. The van der Waals surface area contributed by atoms with Gasteiger partial charge in [-0.1, -0.05) is 19.0 Å². The van der Waals surface area contributed by atoms with Gasteiger partial charge < -0.3 is 13.8 Å². The first-order valence-corrected chi connectivity index (χ1v) is 8.41. The third-order valence-electron chi connectivity index (χ3n) is 4.75. The number of nitrogens with zero attached hydrogens (tertiary/aromatic N) is 6. The molecular weight excluding hydrogens is 320 g/mol. The molecule has 1 unspecified atom stereocenters. The van der Waals surface area contributed by atoms with E-state index < -0.39 is 0 Å². The van der Waals surface area contributed by atoms with E-state index in [9.17, 15) is 0 Å². The third-order valence-corrected chi connectivity index (χ3v) is 4.75. The van der Waals surface area contributed by atoms with Gasteiger partial charge in [-0.3, -0.25) is 4.98 Å². The first-order valence-electron chi connectivity index (χ1n) is 8.41. The molecule has 1 fully saturated rings. The van der Waals surface area contributed by atoms with Crippen molar-refractivity contribution < 1.29 is 8.94 Å². The lowest BCUT2D eigenvalue weighted by Gasteiger charge is -2.46. The summed E-state index contributed by atoms with van der Waals surface area (Å²) in [6.07, 6.45) is 6.10. The normalized spacial score (nSPS) is 17.3. The molecule has 0 spiro atoms. The van der Waals surface area contributed by atoms with E-state index in [1.54, 1.807) is 18.6 Å². The average Bonchev–Trinajstić information content (AvgIpc) is 3.28. The average molecular weight is 340 g/mol. The molecule has 4 heterocycles. The molecule has 8 heteroatoms. The Morgan fingerprint density at radius 1 is 1.28 bits per heavy atom. The van der Waals surface area contributed by atoms with Crippen LogP contribution in [0.1, 0.15) is 44.7 Å². The minimum absolute atomic E-state index is 0.206. The van der Waals surface area contributed by atoms with Crippen LogP contribution in [0.25, 0.3) is 11.7 Å². The fourth-order valence-electron chi connectivity index (χ4n) is 2.95. The summed E-state index contributed by atoms with van der Waals surface area (Å²) in [6.45, 7) is 7.83. The molecule has 1 aliphatic heterocycles. The number of rotatable bonds is 5. The zero-order valence-electron chi connectivity index (χ0n) is 14.5. The summed E-state index contributed by atoms with van der Waals surface area (Å²) in [6, 6.07) is 1.88. The van der Waals surface area contributed by atoms with Gasteiger partial charge in [0.2, 0.25) is 11.7 Å². The topological polar surface area (TPSA) is 94.0 Å². The minimum Gasteiger partial charge on any atom is -0.417 e. The van der Waals surface area contributed by atoms with Crippen LogP contribution < -0.4 is 4.90 Å². The van der Waals surface area contributed by atoms with Crippen LogP contribution in [-0.4, -0.2) is 38.4 Å². The van der Waals surface area contributed by atoms with Gasteiger partial charge in [-0.15, -0.1) is 10.2 Å². The van der Waals surface area contributed by atoms with Crippen molar-refractivity contribution in [2.45, 2.75) is 38.5 Å². The van der Waals surface area contributed by atoms with Crippen molar-refractivity contribution in [2.75, 3.05) is 18.0 Å². The molecule has 0 N–H and O–H groups in total. The summed E-state index contributed by atoms with van der Waals surface area (Å²) in [5.41, 5.74) is 0.698. The van der Waals surface area contributed by atoms with Crippen LogP contribution >= 0.6 is 0 Å². The van der Waals surface area contributed by atoms with Crippen molar-refractivity contribution in [2.24, 2.45) is 0 Å².